The van der Waals surface area contributed by atoms with Crippen LogP contribution in [0.25, 0.3) is 5.82 Å². The van der Waals surface area contributed by atoms with E-state index in [2.05, 4.69) is 15.0 Å². The molecule has 3 aromatic heterocycles. The van der Waals surface area contributed by atoms with Gasteiger partial charge in [-0.2, -0.15) is 0 Å². The largest absolute Gasteiger partial charge is 0.496 e. The Balaban J connectivity index is 1.73. The van der Waals surface area contributed by atoms with E-state index in [-0.39, 0.29) is 28.7 Å². The molecule has 1 amide bonds. The number of hydrogen-bond acceptors (Lipinski definition) is 7. The number of pyridine rings is 2. The predicted octanol–water partition coefficient (Wildman–Crippen LogP) is 0.769. The number of fused-ring (bicyclic) bond motifs is 1. The van der Waals surface area contributed by atoms with Gasteiger partial charge in [-0.05, 0) is 12.1 Å². The fourth-order valence-corrected chi connectivity index (χ4v) is 3.00. The van der Waals surface area contributed by atoms with Gasteiger partial charge in [0.15, 0.2) is 0 Å². The molecule has 3 aromatic rings. The van der Waals surface area contributed by atoms with E-state index in [1.165, 1.54) is 23.9 Å². The number of carbonyl (C=O) groups is 1. The molecule has 4 heterocycles. The Hall–Kier alpha value is -3.75. The summed E-state index contributed by atoms with van der Waals surface area (Å²) in [7, 11) is 1.42. The first kappa shape index (κ1) is 16.7. The Morgan fingerprint density at radius 2 is 2.11 bits per heavy atom. The lowest BCUT2D eigenvalue weighted by Gasteiger charge is -2.18. The molecule has 27 heavy (non-hydrogen) atoms. The summed E-state index contributed by atoms with van der Waals surface area (Å²) in [6.45, 7) is 0.674. The van der Waals surface area contributed by atoms with E-state index in [1.54, 1.807) is 35.5 Å². The molecule has 0 aliphatic carbocycles. The van der Waals surface area contributed by atoms with E-state index in [4.69, 9.17) is 10.5 Å². The van der Waals surface area contributed by atoms with Crippen molar-refractivity contribution in [3.63, 3.8) is 0 Å². The summed E-state index contributed by atoms with van der Waals surface area (Å²) >= 11 is 0. The Morgan fingerprint density at radius 1 is 1.26 bits per heavy atom. The lowest BCUT2D eigenvalue weighted by Crippen LogP contribution is -2.28. The van der Waals surface area contributed by atoms with Crippen LogP contribution in [0.4, 0.5) is 5.95 Å². The predicted molar refractivity (Wildman–Crippen MR) is 96.4 cm³/mol. The van der Waals surface area contributed by atoms with Crippen LogP contribution in [0.1, 0.15) is 21.6 Å². The van der Waals surface area contributed by atoms with Crippen LogP contribution in [0.15, 0.2) is 47.7 Å². The number of methoxy groups -OCH3 is 1. The smallest absolute Gasteiger partial charge is 0.260 e. The van der Waals surface area contributed by atoms with Crippen molar-refractivity contribution in [1.29, 1.82) is 0 Å². The van der Waals surface area contributed by atoms with Gasteiger partial charge in [0.1, 0.15) is 11.6 Å². The van der Waals surface area contributed by atoms with E-state index in [9.17, 15) is 9.59 Å². The molecule has 0 unspecified atom stereocenters. The van der Waals surface area contributed by atoms with Crippen molar-refractivity contribution >= 4 is 11.9 Å². The molecule has 0 fully saturated rings. The number of nitrogens with zero attached hydrogens (tertiary/aromatic N) is 5. The third-order valence-electron chi connectivity index (χ3n) is 4.32. The normalized spacial score (nSPS) is 12.7. The van der Waals surface area contributed by atoms with E-state index in [0.717, 1.165) is 5.56 Å². The second kappa shape index (κ2) is 6.52. The Bertz CT molecular complexity index is 1080. The first-order chi connectivity index (χ1) is 13.1. The Kier molecular flexibility index (Phi) is 4.03. The van der Waals surface area contributed by atoms with Gasteiger partial charge in [0.25, 0.3) is 11.5 Å². The van der Waals surface area contributed by atoms with Gasteiger partial charge in [-0.25, -0.2) is 15.0 Å². The van der Waals surface area contributed by atoms with Crippen molar-refractivity contribution in [2.75, 3.05) is 12.8 Å². The molecule has 0 radical (unpaired) electrons. The number of carbonyl (C=O) groups excluding carboxylic acids is 1. The quantitative estimate of drug-likeness (QED) is 0.729. The van der Waals surface area contributed by atoms with Crippen LogP contribution in [0.2, 0.25) is 0 Å². The van der Waals surface area contributed by atoms with Crippen molar-refractivity contribution in [2.24, 2.45) is 0 Å². The highest BCUT2D eigenvalue weighted by Gasteiger charge is 2.28. The summed E-state index contributed by atoms with van der Waals surface area (Å²) in [5.41, 5.74) is 7.10. The van der Waals surface area contributed by atoms with Crippen LogP contribution in [-0.2, 0) is 13.1 Å². The summed E-state index contributed by atoms with van der Waals surface area (Å²) in [5.74, 6) is 0.513. The van der Waals surface area contributed by atoms with Crippen LogP contribution < -0.4 is 16.0 Å². The van der Waals surface area contributed by atoms with Gasteiger partial charge in [0.05, 0.1) is 24.9 Å². The lowest BCUT2D eigenvalue weighted by atomic mass is 10.2. The molecule has 0 aromatic carbocycles. The van der Waals surface area contributed by atoms with Gasteiger partial charge < -0.3 is 15.4 Å². The van der Waals surface area contributed by atoms with Gasteiger partial charge in [0.2, 0.25) is 5.95 Å². The standard InChI is InChI=1S/C18H16N6O3/c1-27-14-6-16(25)24(15-4-2-3-5-20-15)9-12(14)17(26)23-8-11-7-21-18(19)22-13(11)10-23/h2-7,9H,8,10H2,1H3,(H2,19,21,22). The number of nitrogen functional groups attached to an aromatic ring is 1. The summed E-state index contributed by atoms with van der Waals surface area (Å²) in [5, 5.41) is 0. The maximum atomic E-state index is 13.1. The zero-order chi connectivity index (χ0) is 19.0. The molecule has 9 nitrogen and oxygen atoms in total. The molecule has 0 bridgehead atoms. The number of aromatic nitrogens is 4. The number of hydrogen-bond donors (Lipinski definition) is 1. The highest BCUT2D eigenvalue weighted by atomic mass is 16.5. The maximum absolute atomic E-state index is 13.1. The van der Waals surface area contributed by atoms with Crippen LogP contribution in [0.5, 0.6) is 5.75 Å². The first-order valence-electron chi connectivity index (χ1n) is 8.18. The van der Waals surface area contributed by atoms with Crippen LogP contribution in [0.3, 0.4) is 0 Å². The number of anilines is 1. The minimum atomic E-state index is -0.342. The summed E-state index contributed by atoms with van der Waals surface area (Å²) < 4.78 is 6.58. The zero-order valence-electron chi connectivity index (χ0n) is 14.5. The van der Waals surface area contributed by atoms with E-state index in [0.29, 0.717) is 24.6 Å². The summed E-state index contributed by atoms with van der Waals surface area (Å²) in [6.07, 6.45) is 4.65. The zero-order valence-corrected chi connectivity index (χ0v) is 14.5. The number of amides is 1. The van der Waals surface area contributed by atoms with Gasteiger partial charge in [-0.15, -0.1) is 0 Å². The number of ether oxygens (including phenoxy) is 1. The molecule has 1 aliphatic heterocycles. The van der Waals surface area contributed by atoms with E-state index in [1.807, 2.05) is 0 Å². The summed E-state index contributed by atoms with van der Waals surface area (Å²) in [6, 6.07) is 6.48. The fourth-order valence-electron chi connectivity index (χ4n) is 3.00. The molecule has 4 rings (SSSR count). The minimum Gasteiger partial charge on any atom is -0.496 e. The third kappa shape index (κ3) is 2.99. The van der Waals surface area contributed by atoms with Crippen molar-refractivity contribution in [3.8, 4) is 11.6 Å². The number of nitrogens with two attached hydrogens (primary N) is 1. The van der Waals surface area contributed by atoms with Crippen LogP contribution in [-0.4, -0.2) is 37.4 Å². The first-order valence-corrected chi connectivity index (χ1v) is 8.18. The second-order valence-electron chi connectivity index (χ2n) is 6.01. The van der Waals surface area contributed by atoms with Crippen LogP contribution in [0, 0.1) is 0 Å². The molecule has 2 N–H and O–H groups in total. The highest BCUT2D eigenvalue weighted by Crippen LogP contribution is 2.26. The Morgan fingerprint density at radius 3 is 2.85 bits per heavy atom. The molecule has 0 saturated carbocycles. The maximum Gasteiger partial charge on any atom is 0.260 e. The van der Waals surface area contributed by atoms with Gasteiger partial charge in [-0.1, -0.05) is 6.07 Å². The van der Waals surface area contributed by atoms with Gasteiger partial charge in [-0.3, -0.25) is 14.2 Å². The highest BCUT2D eigenvalue weighted by molar-refractivity contribution is 5.97. The molecule has 9 heteroatoms. The van der Waals surface area contributed by atoms with Crippen molar-refractivity contribution < 1.29 is 9.53 Å². The lowest BCUT2D eigenvalue weighted by molar-refractivity contribution is 0.0746. The van der Waals surface area contributed by atoms with Crippen molar-refractivity contribution in [2.45, 2.75) is 13.1 Å². The molecule has 0 saturated heterocycles. The molecular weight excluding hydrogens is 348 g/mol. The SMILES string of the molecule is COc1cc(=O)n(-c2ccccn2)cc1C(=O)N1Cc2cnc(N)nc2C1. The van der Waals surface area contributed by atoms with Crippen molar-refractivity contribution in [1.82, 2.24) is 24.4 Å². The molecule has 0 spiro atoms. The topological polar surface area (TPSA) is 116 Å². The molecule has 136 valence electrons. The average molecular weight is 364 g/mol. The van der Waals surface area contributed by atoms with Crippen molar-refractivity contribution in [3.05, 3.63) is 70.0 Å². The minimum absolute atomic E-state index is 0.171. The summed E-state index contributed by atoms with van der Waals surface area (Å²) in [4.78, 5) is 39.4. The van der Waals surface area contributed by atoms with E-state index >= 15 is 0 Å². The fraction of sp³-hybridized carbons (Fsp3) is 0.167. The molecule has 0 atom stereocenters. The number of rotatable bonds is 3. The Labute approximate surface area is 154 Å². The van der Waals surface area contributed by atoms with Crippen LogP contribution >= 0.6 is 0 Å². The van der Waals surface area contributed by atoms with Gasteiger partial charge >= 0.3 is 0 Å². The third-order valence-corrected chi connectivity index (χ3v) is 4.32. The molecule has 1 aliphatic rings. The second-order valence-corrected chi connectivity index (χ2v) is 6.01. The van der Waals surface area contributed by atoms with Gasteiger partial charge in [0, 0.05) is 36.8 Å². The molecular formula is C18H16N6O3. The monoisotopic (exact) mass is 364 g/mol. The average Bonchev–Trinajstić information content (AvgIpc) is 3.11. The van der Waals surface area contributed by atoms with E-state index < -0.39 is 0 Å².